The van der Waals surface area contributed by atoms with Crippen LogP contribution >= 0.6 is 0 Å². The molecular weight excluding hydrogens is 434 g/mol. The molecule has 0 aromatic heterocycles. The van der Waals surface area contributed by atoms with Gasteiger partial charge in [-0.05, 0) is 44.4 Å². The van der Waals surface area contributed by atoms with Gasteiger partial charge in [0.05, 0.1) is 24.9 Å². The summed E-state index contributed by atoms with van der Waals surface area (Å²) in [7, 11) is 3.45. The Morgan fingerprint density at radius 3 is 2.68 bits per heavy atom. The normalized spacial score (nSPS) is 19.6. The number of hydrogen-bond donors (Lipinski definition) is 1. The molecule has 1 aromatic rings. The van der Waals surface area contributed by atoms with Crippen LogP contribution in [-0.4, -0.2) is 78.2 Å². The number of guanidine groups is 1. The molecule has 9 heteroatoms. The molecule has 9 nitrogen and oxygen atoms in total. The molecule has 34 heavy (non-hydrogen) atoms. The summed E-state index contributed by atoms with van der Waals surface area (Å²) in [5, 5.41) is 2.79. The number of fused-ring (bicyclic) bond motifs is 2. The first-order valence-corrected chi connectivity index (χ1v) is 12.2. The number of aliphatic imine (C=N–C) groups is 1. The van der Waals surface area contributed by atoms with Gasteiger partial charge in [-0.2, -0.15) is 0 Å². The quantitative estimate of drug-likeness (QED) is 0.591. The van der Waals surface area contributed by atoms with Gasteiger partial charge >= 0.3 is 0 Å². The van der Waals surface area contributed by atoms with Crippen LogP contribution in [0, 0.1) is 0 Å². The molecule has 1 aliphatic carbocycles. The van der Waals surface area contributed by atoms with Crippen LogP contribution in [-0.2, 0) is 14.4 Å². The van der Waals surface area contributed by atoms with Gasteiger partial charge in [0.15, 0.2) is 0 Å². The minimum absolute atomic E-state index is 0.0184. The SMILES string of the molecule is CC1c2cc(OCCCC(=O)N(CC(=O)N(C)C)C3CCCCC3)ccc2N=C2NC(=O)CN21. The van der Waals surface area contributed by atoms with Crippen molar-refractivity contribution in [2.75, 3.05) is 33.8 Å². The highest BCUT2D eigenvalue weighted by Gasteiger charge is 2.34. The Kier molecular flexibility index (Phi) is 7.38. The van der Waals surface area contributed by atoms with Gasteiger partial charge in [0.1, 0.15) is 12.3 Å². The van der Waals surface area contributed by atoms with Crippen LogP contribution in [0.4, 0.5) is 5.69 Å². The standard InChI is InChI=1S/C25H35N5O4/c1-17-20-14-19(11-12-21(20)26-25-27-22(31)15-29(17)25)34-13-7-10-23(32)30(16-24(33)28(2)3)18-8-5-4-6-9-18/h11-12,14,17-18H,4-10,13,15-16H2,1-3H3,(H,26,27,31). The molecule has 2 fully saturated rings. The minimum Gasteiger partial charge on any atom is -0.494 e. The Bertz CT molecular complexity index is 970. The van der Waals surface area contributed by atoms with Crippen LogP contribution in [0.1, 0.15) is 63.5 Å². The van der Waals surface area contributed by atoms with E-state index >= 15 is 0 Å². The lowest BCUT2D eigenvalue weighted by molar-refractivity contribution is -0.142. The van der Waals surface area contributed by atoms with Gasteiger partial charge in [-0.15, -0.1) is 0 Å². The fraction of sp³-hybridized carbons (Fsp3) is 0.600. The summed E-state index contributed by atoms with van der Waals surface area (Å²) in [4.78, 5) is 46.9. The van der Waals surface area contributed by atoms with Crippen molar-refractivity contribution in [1.82, 2.24) is 20.0 Å². The fourth-order valence-electron chi connectivity index (χ4n) is 4.88. The number of hydrogen-bond acceptors (Lipinski definition) is 6. The molecule has 1 unspecified atom stereocenters. The second-order valence-electron chi connectivity index (χ2n) is 9.56. The molecule has 0 radical (unpaired) electrons. The van der Waals surface area contributed by atoms with Crippen LogP contribution in [0.15, 0.2) is 23.2 Å². The topological polar surface area (TPSA) is 94.5 Å². The van der Waals surface area contributed by atoms with Gasteiger partial charge < -0.3 is 19.4 Å². The third kappa shape index (κ3) is 5.34. The lowest BCUT2D eigenvalue weighted by atomic mass is 9.94. The van der Waals surface area contributed by atoms with Crippen LogP contribution in [0.3, 0.4) is 0 Å². The van der Waals surface area contributed by atoms with E-state index in [-0.39, 0.29) is 36.3 Å². The van der Waals surface area contributed by atoms with Crippen LogP contribution in [0.2, 0.25) is 0 Å². The van der Waals surface area contributed by atoms with E-state index in [1.54, 1.807) is 23.9 Å². The molecule has 4 rings (SSSR count). The van der Waals surface area contributed by atoms with Crippen LogP contribution in [0.5, 0.6) is 5.75 Å². The average Bonchev–Trinajstić information content (AvgIpc) is 3.21. The molecular formula is C25H35N5O4. The van der Waals surface area contributed by atoms with Gasteiger partial charge in [0.2, 0.25) is 23.7 Å². The van der Waals surface area contributed by atoms with E-state index in [9.17, 15) is 14.4 Å². The molecule has 3 amide bonds. The first kappa shape index (κ1) is 24.0. The van der Waals surface area contributed by atoms with Crippen molar-refractivity contribution < 1.29 is 19.1 Å². The van der Waals surface area contributed by atoms with Crippen molar-refractivity contribution in [3.8, 4) is 5.75 Å². The first-order chi connectivity index (χ1) is 16.3. The van der Waals surface area contributed by atoms with E-state index in [1.807, 2.05) is 30.0 Å². The lowest BCUT2D eigenvalue weighted by Gasteiger charge is -2.34. The van der Waals surface area contributed by atoms with E-state index in [0.717, 1.165) is 42.7 Å². The number of carbonyl (C=O) groups is 3. The molecule has 2 heterocycles. The van der Waals surface area contributed by atoms with Gasteiger partial charge in [0.25, 0.3) is 0 Å². The predicted octanol–water partition coefficient (Wildman–Crippen LogP) is 2.59. The summed E-state index contributed by atoms with van der Waals surface area (Å²) in [6.45, 7) is 2.92. The number of nitrogens with one attached hydrogen (secondary N) is 1. The van der Waals surface area contributed by atoms with Crippen molar-refractivity contribution in [2.45, 2.75) is 64.0 Å². The molecule has 0 spiro atoms. The zero-order valence-corrected chi connectivity index (χ0v) is 20.4. The van der Waals surface area contributed by atoms with Gasteiger partial charge in [-0.25, -0.2) is 4.99 Å². The van der Waals surface area contributed by atoms with E-state index in [0.29, 0.717) is 32.0 Å². The maximum absolute atomic E-state index is 13.0. The number of carbonyl (C=O) groups excluding carboxylic acids is 3. The molecule has 1 saturated heterocycles. The number of nitrogens with zero attached hydrogens (tertiary/aromatic N) is 4. The smallest absolute Gasteiger partial charge is 0.246 e. The highest BCUT2D eigenvalue weighted by Crippen LogP contribution is 2.37. The van der Waals surface area contributed by atoms with E-state index in [4.69, 9.17) is 4.74 Å². The summed E-state index contributed by atoms with van der Waals surface area (Å²) in [6.07, 6.45) is 6.29. The van der Waals surface area contributed by atoms with Crippen molar-refractivity contribution in [3.63, 3.8) is 0 Å². The molecule has 0 bridgehead atoms. The maximum Gasteiger partial charge on any atom is 0.246 e. The van der Waals surface area contributed by atoms with E-state index in [2.05, 4.69) is 10.3 Å². The van der Waals surface area contributed by atoms with Gasteiger partial charge in [-0.3, -0.25) is 19.7 Å². The summed E-state index contributed by atoms with van der Waals surface area (Å²) >= 11 is 0. The number of ether oxygens (including phenoxy) is 1. The number of likely N-dealkylation sites (N-methyl/N-ethyl adjacent to an activating group) is 1. The average molecular weight is 470 g/mol. The van der Waals surface area contributed by atoms with Crippen molar-refractivity contribution in [2.24, 2.45) is 4.99 Å². The number of benzene rings is 1. The Morgan fingerprint density at radius 2 is 1.94 bits per heavy atom. The summed E-state index contributed by atoms with van der Waals surface area (Å²) < 4.78 is 5.95. The van der Waals surface area contributed by atoms with Gasteiger partial charge in [0, 0.05) is 32.1 Å². The van der Waals surface area contributed by atoms with Crippen LogP contribution < -0.4 is 10.1 Å². The Hall–Kier alpha value is -3.10. The second-order valence-corrected chi connectivity index (χ2v) is 9.56. The highest BCUT2D eigenvalue weighted by molar-refractivity contribution is 6.06. The van der Waals surface area contributed by atoms with E-state index < -0.39 is 0 Å². The minimum atomic E-state index is -0.0471. The first-order valence-electron chi connectivity index (χ1n) is 12.2. The Morgan fingerprint density at radius 1 is 1.18 bits per heavy atom. The van der Waals surface area contributed by atoms with Crippen molar-refractivity contribution in [3.05, 3.63) is 23.8 Å². The summed E-state index contributed by atoms with van der Waals surface area (Å²) in [5.74, 6) is 1.26. The molecule has 1 saturated carbocycles. The Labute approximate surface area is 201 Å². The molecule has 2 aliphatic heterocycles. The monoisotopic (exact) mass is 469 g/mol. The third-order valence-electron chi connectivity index (χ3n) is 6.92. The molecule has 1 atom stereocenters. The fourth-order valence-corrected chi connectivity index (χ4v) is 4.88. The third-order valence-corrected chi connectivity index (χ3v) is 6.92. The zero-order valence-electron chi connectivity index (χ0n) is 20.4. The number of rotatable bonds is 8. The predicted molar refractivity (Wildman–Crippen MR) is 129 cm³/mol. The van der Waals surface area contributed by atoms with Gasteiger partial charge in [-0.1, -0.05) is 19.3 Å². The molecule has 1 N–H and O–H groups in total. The summed E-state index contributed by atoms with van der Waals surface area (Å²) in [5.41, 5.74) is 1.84. The highest BCUT2D eigenvalue weighted by atomic mass is 16.5. The Balaban J connectivity index is 1.31. The van der Waals surface area contributed by atoms with Crippen LogP contribution in [0.25, 0.3) is 0 Å². The lowest BCUT2D eigenvalue weighted by Crippen LogP contribution is -2.46. The van der Waals surface area contributed by atoms with Crippen molar-refractivity contribution >= 4 is 29.4 Å². The number of amides is 3. The summed E-state index contributed by atoms with van der Waals surface area (Å²) in [6, 6.07) is 5.91. The zero-order chi connectivity index (χ0) is 24.2. The second kappa shape index (κ2) is 10.4. The largest absolute Gasteiger partial charge is 0.494 e. The molecule has 3 aliphatic rings. The molecule has 184 valence electrons. The maximum atomic E-state index is 13.0. The van der Waals surface area contributed by atoms with E-state index in [1.165, 1.54) is 6.42 Å². The van der Waals surface area contributed by atoms with Crippen molar-refractivity contribution in [1.29, 1.82) is 0 Å². The molecule has 1 aromatic carbocycles.